The van der Waals surface area contributed by atoms with Gasteiger partial charge in [-0.15, -0.1) is 11.3 Å². The van der Waals surface area contributed by atoms with Crippen molar-refractivity contribution in [3.05, 3.63) is 20.3 Å². The maximum Gasteiger partial charge on any atom is 0.336 e. The van der Waals surface area contributed by atoms with Crippen molar-refractivity contribution in [1.82, 2.24) is 5.32 Å². The number of hydrogen-bond acceptors (Lipinski definition) is 5. The predicted octanol–water partition coefficient (Wildman–Crippen LogP) is 1.32. The molecule has 0 aliphatic heterocycles. The smallest absolute Gasteiger partial charge is 0.336 e. The summed E-state index contributed by atoms with van der Waals surface area (Å²) in [6.45, 7) is -0.255. The van der Waals surface area contributed by atoms with Gasteiger partial charge in [-0.05, 0) is 6.07 Å². The van der Waals surface area contributed by atoms with Crippen LogP contribution in [0.4, 0.5) is 0 Å². The summed E-state index contributed by atoms with van der Waals surface area (Å²) in [6.07, 6.45) is -1.41. The fraction of sp³-hybridized carbons (Fsp3) is 0.333. The Morgan fingerprint density at radius 3 is 2.71 bits per heavy atom. The molecule has 1 unspecified atom stereocenters. The first-order valence-electron chi connectivity index (χ1n) is 4.44. The van der Waals surface area contributed by atoms with Gasteiger partial charge < -0.3 is 15.2 Å². The second-order valence-electron chi connectivity index (χ2n) is 2.99. The molecule has 0 aromatic carbocycles. The molecule has 0 saturated carbocycles. The summed E-state index contributed by atoms with van der Waals surface area (Å²) in [5.41, 5.74) is 0.207. The van der Waals surface area contributed by atoms with E-state index in [4.69, 9.17) is 23.2 Å². The van der Waals surface area contributed by atoms with Gasteiger partial charge in [0.1, 0.15) is 4.34 Å². The molecule has 2 N–H and O–H groups in total. The van der Waals surface area contributed by atoms with Crippen LogP contribution in [0.25, 0.3) is 0 Å². The maximum absolute atomic E-state index is 11.6. The Balaban J connectivity index is 2.56. The van der Waals surface area contributed by atoms with E-state index in [1.165, 1.54) is 6.07 Å². The van der Waals surface area contributed by atoms with Gasteiger partial charge in [0, 0.05) is 0 Å². The lowest BCUT2D eigenvalue weighted by Gasteiger charge is -2.09. The Morgan fingerprint density at radius 1 is 1.59 bits per heavy atom. The lowest BCUT2D eigenvalue weighted by atomic mass is 10.3. The molecule has 5 nitrogen and oxygen atoms in total. The van der Waals surface area contributed by atoms with E-state index in [-0.39, 0.29) is 16.4 Å². The normalized spacial score (nSPS) is 12.0. The van der Waals surface area contributed by atoms with Crippen LogP contribution in [0, 0.1) is 0 Å². The molecular formula is C9H9Cl2NO4S. The second kappa shape index (κ2) is 6.20. The highest BCUT2D eigenvalue weighted by Gasteiger charge is 2.19. The molecule has 0 bridgehead atoms. The van der Waals surface area contributed by atoms with Crippen LogP contribution in [0.5, 0.6) is 0 Å². The molecule has 0 spiro atoms. The number of methoxy groups -OCH3 is 1. The Morgan fingerprint density at radius 2 is 2.24 bits per heavy atom. The van der Waals surface area contributed by atoms with Gasteiger partial charge in [-0.1, -0.05) is 23.2 Å². The molecule has 1 aromatic heterocycles. The van der Waals surface area contributed by atoms with E-state index in [0.717, 1.165) is 18.4 Å². The van der Waals surface area contributed by atoms with Crippen molar-refractivity contribution < 1.29 is 19.4 Å². The number of rotatable bonds is 4. The largest absolute Gasteiger partial charge is 0.467 e. The van der Waals surface area contributed by atoms with E-state index in [0.29, 0.717) is 4.34 Å². The molecule has 0 radical (unpaired) electrons. The zero-order chi connectivity index (χ0) is 13.0. The molecular weight excluding hydrogens is 289 g/mol. The second-order valence-corrected chi connectivity index (χ2v) is 5.27. The highest BCUT2D eigenvalue weighted by atomic mass is 35.5. The average molecular weight is 298 g/mol. The first kappa shape index (κ1) is 14.2. The lowest BCUT2D eigenvalue weighted by molar-refractivity contribution is -0.149. The molecule has 94 valence electrons. The van der Waals surface area contributed by atoms with Gasteiger partial charge in [0.2, 0.25) is 0 Å². The van der Waals surface area contributed by atoms with Crippen LogP contribution < -0.4 is 5.32 Å². The summed E-state index contributed by atoms with van der Waals surface area (Å²) in [6, 6.07) is 1.41. The Bertz CT molecular complexity index is 435. The lowest BCUT2D eigenvalue weighted by Crippen LogP contribution is -2.37. The highest BCUT2D eigenvalue weighted by Crippen LogP contribution is 2.30. The molecule has 1 amide bonds. The van der Waals surface area contributed by atoms with E-state index >= 15 is 0 Å². The van der Waals surface area contributed by atoms with Crippen LogP contribution in [0.2, 0.25) is 8.67 Å². The number of esters is 1. The van der Waals surface area contributed by atoms with Crippen molar-refractivity contribution in [2.24, 2.45) is 0 Å². The molecule has 0 saturated heterocycles. The van der Waals surface area contributed by atoms with Crippen LogP contribution in [-0.2, 0) is 9.53 Å². The summed E-state index contributed by atoms with van der Waals surface area (Å²) in [5.74, 6) is -1.33. The molecule has 0 fully saturated rings. The van der Waals surface area contributed by atoms with Crippen molar-refractivity contribution in [2.45, 2.75) is 6.10 Å². The number of carbonyl (C=O) groups excluding carboxylic acids is 2. The Kier molecular flexibility index (Phi) is 5.20. The number of thiophene rings is 1. The van der Waals surface area contributed by atoms with Crippen LogP contribution in [0.1, 0.15) is 10.4 Å². The third kappa shape index (κ3) is 3.85. The predicted molar refractivity (Wildman–Crippen MR) is 64.7 cm³/mol. The van der Waals surface area contributed by atoms with Crippen molar-refractivity contribution in [3.8, 4) is 0 Å². The number of hydrogen-bond donors (Lipinski definition) is 2. The molecule has 1 heterocycles. The van der Waals surface area contributed by atoms with Crippen molar-refractivity contribution in [1.29, 1.82) is 0 Å². The first-order chi connectivity index (χ1) is 7.95. The fourth-order valence-corrected chi connectivity index (χ4v) is 2.46. The van der Waals surface area contributed by atoms with Gasteiger partial charge in [0.05, 0.1) is 23.6 Å². The van der Waals surface area contributed by atoms with Gasteiger partial charge in [-0.3, -0.25) is 4.79 Å². The average Bonchev–Trinajstić information content (AvgIpc) is 2.63. The number of ether oxygens (including phenoxy) is 1. The number of amides is 1. The van der Waals surface area contributed by atoms with E-state index in [9.17, 15) is 14.7 Å². The number of aliphatic hydroxyl groups is 1. The van der Waals surface area contributed by atoms with Gasteiger partial charge in [0.25, 0.3) is 5.91 Å². The van der Waals surface area contributed by atoms with Crippen molar-refractivity contribution >= 4 is 46.4 Å². The van der Waals surface area contributed by atoms with Gasteiger partial charge in [0.15, 0.2) is 6.10 Å². The number of carbonyl (C=O) groups is 2. The molecule has 17 heavy (non-hydrogen) atoms. The third-order valence-corrected chi connectivity index (χ3v) is 3.32. The molecule has 0 aliphatic carbocycles. The summed E-state index contributed by atoms with van der Waals surface area (Å²) >= 11 is 12.5. The first-order valence-corrected chi connectivity index (χ1v) is 6.02. The van der Waals surface area contributed by atoms with E-state index in [1.54, 1.807) is 0 Å². The number of aliphatic hydroxyl groups excluding tert-OH is 1. The van der Waals surface area contributed by atoms with Gasteiger partial charge in [-0.25, -0.2) is 4.79 Å². The summed E-state index contributed by atoms with van der Waals surface area (Å²) in [5, 5.41) is 11.6. The van der Waals surface area contributed by atoms with E-state index in [1.807, 2.05) is 0 Å². The van der Waals surface area contributed by atoms with Crippen LogP contribution in [0.3, 0.4) is 0 Å². The molecule has 1 aromatic rings. The zero-order valence-corrected chi connectivity index (χ0v) is 11.0. The maximum atomic E-state index is 11.6. The molecule has 1 rings (SSSR count). The molecule has 8 heteroatoms. The van der Waals surface area contributed by atoms with Gasteiger partial charge in [-0.2, -0.15) is 0 Å². The number of nitrogens with one attached hydrogen (secondary N) is 1. The Hall–Kier alpha value is -0.820. The van der Waals surface area contributed by atoms with Crippen LogP contribution in [0.15, 0.2) is 6.07 Å². The van der Waals surface area contributed by atoms with Crippen LogP contribution in [-0.4, -0.2) is 36.7 Å². The summed E-state index contributed by atoms with van der Waals surface area (Å²) in [7, 11) is 1.14. The minimum atomic E-state index is -1.41. The van der Waals surface area contributed by atoms with E-state index < -0.39 is 18.0 Å². The minimum Gasteiger partial charge on any atom is -0.467 e. The Labute approximate surface area is 111 Å². The summed E-state index contributed by atoms with van der Waals surface area (Å²) < 4.78 is 4.93. The highest BCUT2D eigenvalue weighted by molar-refractivity contribution is 7.20. The quantitative estimate of drug-likeness (QED) is 0.822. The summed E-state index contributed by atoms with van der Waals surface area (Å²) in [4.78, 5) is 22.4. The molecule has 1 atom stereocenters. The SMILES string of the molecule is COC(=O)C(O)CNC(=O)c1cc(Cl)sc1Cl. The third-order valence-electron chi connectivity index (χ3n) is 1.83. The topological polar surface area (TPSA) is 75.6 Å². The minimum absolute atomic E-state index is 0.207. The zero-order valence-electron chi connectivity index (χ0n) is 8.70. The van der Waals surface area contributed by atoms with E-state index in [2.05, 4.69) is 10.1 Å². The van der Waals surface area contributed by atoms with Gasteiger partial charge >= 0.3 is 5.97 Å². The van der Waals surface area contributed by atoms with Crippen LogP contribution >= 0.6 is 34.5 Å². The van der Waals surface area contributed by atoms with Crippen molar-refractivity contribution in [2.75, 3.05) is 13.7 Å². The molecule has 0 aliphatic rings. The fourth-order valence-electron chi connectivity index (χ4n) is 0.999. The van der Waals surface area contributed by atoms with Crippen molar-refractivity contribution in [3.63, 3.8) is 0 Å². The monoisotopic (exact) mass is 297 g/mol. The number of halogens is 2. The standard InChI is InChI=1S/C9H9Cl2NO4S/c1-16-9(15)5(13)3-12-8(14)4-2-6(10)17-7(4)11/h2,5,13H,3H2,1H3,(H,12,14).